The molecule has 1 aromatic heterocycles. The lowest BCUT2D eigenvalue weighted by atomic mass is 10.1. The number of aromatic amines is 1. The van der Waals surface area contributed by atoms with Crippen LogP contribution in [0.1, 0.15) is 43.1 Å². The number of hydrogen-bond acceptors (Lipinski definition) is 3. The van der Waals surface area contributed by atoms with Crippen LogP contribution in [0.3, 0.4) is 0 Å². The van der Waals surface area contributed by atoms with Gasteiger partial charge in [-0.25, -0.2) is 4.79 Å². The molecule has 112 valence electrons. The highest BCUT2D eigenvalue weighted by Gasteiger charge is 2.16. The summed E-state index contributed by atoms with van der Waals surface area (Å²) in [5, 5.41) is 0.974. The van der Waals surface area contributed by atoms with E-state index in [2.05, 4.69) is 4.98 Å². The summed E-state index contributed by atoms with van der Waals surface area (Å²) in [6, 6.07) is 7.68. The predicted molar refractivity (Wildman–Crippen MR) is 81.7 cm³/mol. The van der Waals surface area contributed by atoms with Crippen molar-refractivity contribution < 1.29 is 14.3 Å². The molecule has 1 fully saturated rings. The third kappa shape index (κ3) is 3.20. The fourth-order valence-corrected chi connectivity index (χ4v) is 2.91. The number of aromatic nitrogens is 1. The smallest absolute Gasteiger partial charge is 0.354 e. The molecular formula is C17H21NO3. The lowest BCUT2D eigenvalue weighted by molar-refractivity contribution is 0.0520. The van der Waals surface area contributed by atoms with Crippen LogP contribution in [0, 0.1) is 5.92 Å². The normalized spacial score (nSPS) is 15.5. The van der Waals surface area contributed by atoms with E-state index in [1.165, 1.54) is 25.7 Å². The van der Waals surface area contributed by atoms with Gasteiger partial charge in [0.1, 0.15) is 11.4 Å². The summed E-state index contributed by atoms with van der Waals surface area (Å²) in [5.41, 5.74) is 1.41. The molecular weight excluding hydrogens is 266 g/mol. The minimum Gasteiger partial charge on any atom is -0.493 e. The molecule has 0 bridgehead atoms. The van der Waals surface area contributed by atoms with E-state index in [9.17, 15) is 4.79 Å². The van der Waals surface area contributed by atoms with Crippen molar-refractivity contribution in [2.24, 2.45) is 5.92 Å². The zero-order valence-electron chi connectivity index (χ0n) is 12.4. The van der Waals surface area contributed by atoms with Crippen molar-refractivity contribution in [2.45, 2.75) is 32.6 Å². The first kappa shape index (κ1) is 14.0. The summed E-state index contributed by atoms with van der Waals surface area (Å²) in [6.07, 6.45) is 5.21. The average molecular weight is 287 g/mol. The zero-order valence-corrected chi connectivity index (χ0v) is 12.4. The monoisotopic (exact) mass is 287 g/mol. The van der Waals surface area contributed by atoms with Crippen molar-refractivity contribution in [3.8, 4) is 5.75 Å². The standard InChI is InChI=1S/C17H21NO3/c1-2-20-17(19)16-10-13-9-14(7-8-15(13)18-16)21-11-12-5-3-4-6-12/h7-10,12,18H,2-6,11H2,1H3. The Morgan fingerprint density at radius 2 is 2.10 bits per heavy atom. The summed E-state index contributed by atoms with van der Waals surface area (Å²) in [6.45, 7) is 2.97. The summed E-state index contributed by atoms with van der Waals surface area (Å²) in [4.78, 5) is 14.8. The van der Waals surface area contributed by atoms with Gasteiger partial charge in [-0.05, 0) is 49.9 Å². The number of benzene rings is 1. The second-order valence-electron chi connectivity index (χ2n) is 5.61. The van der Waals surface area contributed by atoms with E-state index >= 15 is 0 Å². The molecule has 2 aromatic rings. The molecule has 1 saturated carbocycles. The Kier molecular flexibility index (Phi) is 4.13. The number of nitrogens with one attached hydrogen (secondary N) is 1. The van der Waals surface area contributed by atoms with Crippen molar-refractivity contribution in [3.63, 3.8) is 0 Å². The van der Waals surface area contributed by atoms with Gasteiger partial charge in [0.2, 0.25) is 0 Å². The molecule has 1 aliphatic carbocycles. The minimum absolute atomic E-state index is 0.317. The Morgan fingerprint density at radius 3 is 2.86 bits per heavy atom. The highest BCUT2D eigenvalue weighted by Crippen LogP contribution is 2.27. The number of esters is 1. The van der Waals surface area contributed by atoms with Crippen LogP contribution < -0.4 is 4.74 Å². The zero-order chi connectivity index (χ0) is 14.7. The van der Waals surface area contributed by atoms with Gasteiger partial charge in [0.25, 0.3) is 0 Å². The Labute approximate surface area is 124 Å². The molecule has 1 heterocycles. The maximum Gasteiger partial charge on any atom is 0.354 e. The molecule has 4 nitrogen and oxygen atoms in total. The van der Waals surface area contributed by atoms with Gasteiger partial charge >= 0.3 is 5.97 Å². The van der Waals surface area contributed by atoms with Crippen molar-refractivity contribution in [2.75, 3.05) is 13.2 Å². The third-order valence-corrected chi connectivity index (χ3v) is 4.05. The molecule has 21 heavy (non-hydrogen) atoms. The first-order chi connectivity index (χ1) is 10.3. The molecule has 1 aromatic carbocycles. The SMILES string of the molecule is CCOC(=O)c1cc2cc(OCC3CCCC3)ccc2[nH]1. The van der Waals surface area contributed by atoms with Gasteiger partial charge in [-0.1, -0.05) is 12.8 Å². The first-order valence-electron chi connectivity index (χ1n) is 7.69. The Bertz CT molecular complexity index is 626. The van der Waals surface area contributed by atoms with Crippen molar-refractivity contribution in [1.82, 2.24) is 4.98 Å². The van der Waals surface area contributed by atoms with Crippen molar-refractivity contribution >= 4 is 16.9 Å². The van der Waals surface area contributed by atoms with E-state index in [1.807, 2.05) is 24.3 Å². The molecule has 0 aliphatic heterocycles. The summed E-state index contributed by atoms with van der Waals surface area (Å²) in [5.74, 6) is 1.24. The molecule has 0 unspecified atom stereocenters. The highest BCUT2D eigenvalue weighted by molar-refractivity contribution is 5.95. The second-order valence-corrected chi connectivity index (χ2v) is 5.61. The quantitative estimate of drug-likeness (QED) is 0.848. The molecule has 1 aliphatic rings. The highest BCUT2D eigenvalue weighted by atomic mass is 16.5. The molecule has 4 heteroatoms. The van der Waals surface area contributed by atoms with Gasteiger partial charge in [-0.3, -0.25) is 0 Å². The van der Waals surface area contributed by atoms with Gasteiger partial charge in [0.15, 0.2) is 0 Å². The molecule has 3 rings (SSSR count). The number of fused-ring (bicyclic) bond motifs is 1. The topological polar surface area (TPSA) is 51.3 Å². The molecule has 0 atom stereocenters. The van der Waals surface area contributed by atoms with E-state index in [-0.39, 0.29) is 5.97 Å². The maximum absolute atomic E-state index is 11.7. The summed E-state index contributed by atoms with van der Waals surface area (Å²) in [7, 11) is 0. The molecule has 0 spiro atoms. The predicted octanol–water partition coefficient (Wildman–Crippen LogP) is 3.91. The Balaban J connectivity index is 1.71. The third-order valence-electron chi connectivity index (χ3n) is 4.05. The van der Waals surface area contributed by atoms with Gasteiger partial charge in [0.05, 0.1) is 13.2 Å². The van der Waals surface area contributed by atoms with E-state index in [0.29, 0.717) is 18.2 Å². The minimum atomic E-state index is -0.317. The number of carbonyl (C=O) groups is 1. The van der Waals surface area contributed by atoms with E-state index in [4.69, 9.17) is 9.47 Å². The Morgan fingerprint density at radius 1 is 1.29 bits per heavy atom. The van der Waals surface area contributed by atoms with Crippen molar-refractivity contribution in [3.05, 3.63) is 30.0 Å². The van der Waals surface area contributed by atoms with Crippen LogP contribution >= 0.6 is 0 Å². The number of hydrogen-bond donors (Lipinski definition) is 1. The molecule has 0 radical (unpaired) electrons. The molecule has 0 saturated heterocycles. The van der Waals surface area contributed by atoms with E-state index in [1.54, 1.807) is 6.92 Å². The Hall–Kier alpha value is -1.97. The van der Waals surface area contributed by atoms with Gasteiger partial charge in [-0.2, -0.15) is 0 Å². The van der Waals surface area contributed by atoms with Crippen LogP contribution in [0.15, 0.2) is 24.3 Å². The number of ether oxygens (including phenoxy) is 2. The second kappa shape index (κ2) is 6.20. The fourth-order valence-electron chi connectivity index (χ4n) is 2.91. The van der Waals surface area contributed by atoms with Crippen LogP contribution in [0.4, 0.5) is 0 Å². The van der Waals surface area contributed by atoms with Crippen LogP contribution in [-0.2, 0) is 4.74 Å². The van der Waals surface area contributed by atoms with Gasteiger partial charge in [-0.15, -0.1) is 0 Å². The fraction of sp³-hybridized carbons (Fsp3) is 0.471. The lowest BCUT2D eigenvalue weighted by Gasteiger charge is -2.11. The van der Waals surface area contributed by atoms with Crippen molar-refractivity contribution in [1.29, 1.82) is 0 Å². The number of rotatable bonds is 5. The van der Waals surface area contributed by atoms with Crippen LogP contribution in [0.5, 0.6) is 5.75 Å². The molecule has 1 N–H and O–H groups in total. The van der Waals surface area contributed by atoms with Crippen LogP contribution in [-0.4, -0.2) is 24.2 Å². The largest absolute Gasteiger partial charge is 0.493 e. The van der Waals surface area contributed by atoms with E-state index in [0.717, 1.165) is 23.3 Å². The van der Waals surface area contributed by atoms with Crippen LogP contribution in [0.2, 0.25) is 0 Å². The molecule has 0 amide bonds. The summed E-state index contributed by atoms with van der Waals surface area (Å²) >= 11 is 0. The lowest BCUT2D eigenvalue weighted by Crippen LogP contribution is -2.07. The van der Waals surface area contributed by atoms with Gasteiger partial charge in [0, 0.05) is 10.9 Å². The average Bonchev–Trinajstić information content (AvgIpc) is 3.14. The van der Waals surface area contributed by atoms with Crippen LogP contribution in [0.25, 0.3) is 10.9 Å². The number of H-pyrrole nitrogens is 1. The number of carbonyl (C=O) groups excluding carboxylic acids is 1. The first-order valence-corrected chi connectivity index (χ1v) is 7.69. The van der Waals surface area contributed by atoms with E-state index < -0.39 is 0 Å². The summed E-state index contributed by atoms with van der Waals surface area (Å²) < 4.78 is 10.9. The van der Waals surface area contributed by atoms with Gasteiger partial charge < -0.3 is 14.5 Å². The maximum atomic E-state index is 11.7.